The van der Waals surface area contributed by atoms with Crippen LogP contribution in [0.2, 0.25) is 54.0 Å². The standard InChI is InChI=1S/C13H17.C10H22Si2.CH3NO.2CH3.H4Si.Ti/c1-3-7-12-10(5-1)9-11-6-2-4-8-13(11)12;1-9(11(3,4)5)10(2)12(6,7)8;2-1-3;;;;/h1,3,5,7,9-13H,2,4,6,8H2;1-2H2,3-8H3;1H,(H2,2,3);2*1H3;1H4;/q;;;;;;+1/p-1. The molecular formula is C26H51NOSi3Ti. The van der Waals surface area contributed by atoms with Crippen LogP contribution in [0.3, 0.4) is 0 Å². The Labute approximate surface area is 209 Å². The maximum atomic E-state index is 11.0. The van der Waals surface area contributed by atoms with E-state index in [0.29, 0.717) is 5.92 Å². The van der Waals surface area contributed by atoms with Gasteiger partial charge in [0.15, 0.2) is 0 Å². The van der Waals surface area contributed by atoms with Gasteiger partial charge in [-0.15, -0.1) is 0 Å². The van der Waals surface area contributed by atoms with Gasteiger partial charge in [0.1, 0.15) is 0 Å². The van der Waals surface area contributed by atoms with Crippen LogP contribution in [0, 0.1) is 23.7 Å². The zero-order valence-corrected chi connectivity index (χ0v) is 25.0. The third-order valence-electron chi connectivity index (χ3n) is 7.91. The van der Waals surface area contributed by atoms with Gasteiger partial charge in [-0.3, -0.25) is 0 Å². The summed E-state index contributed by atoms with van der Waals surface area (Å²) in [5.41, 5.74) is 0. The van der Waals surface area contributed by atoms with E-state index in [0.717, 1.165) is 28.4 Å². The van der Waals surface area contributed by atoms with Crippen molar-refractivity contribution < 1.29 is 21.6 Å². The molecule has 0 radical (unpaired) electrons. The summed E-state index contributed by atoms with van der Waals surface area (Å²) in [7, 11) is -2.39. The van der Waals surface area contributed by atoms with Gasteiger partial charge in [-0.25, -0.2) is 0 Å². The zero-order chi connectivity index (χ0) is 23.6. The van der Waals surface area contributed by atoms with Crippen LogP contribution >= 0.6 is 0 Å². The Balaban J connectivity index is 0.000000346. The molecule has 5 unspecified atom stereocenters. The molecule has 0 saturated heterocycles. The summed E-state index contributed by atoms with van der Waals surface area (Å²) in [5, 5.41) is 7.50. The van der Waals surface area contributed by atoms with Crippen molar-refractivity contribution in [1.29, 1.82) is 0 Å². The second kappa shape index (κ2) is 11.5. The molecule has 0 spiro atoms. The van der Waals surface area contributed by atoms with Gasteiger partial charge < -0.3 is 0 Å². The molecule has 0 aromatic carbocycles. The first-order valence-electron chi connectivity index (χ1n) is 12.2. The first-order valence-corrected chi connectivity index (χ1v) is 24.0. The molecule has 2 nitrogen and oxygen atoms in total. The molecule has 6 heteroatoms. The van der Waals surface area contributed by atoms with Crippen molar-refractivity contribution in [1.82, 2.24) is 3.80 Å². The number of carbonyl (C=O) groups is 1. The fourth-order valence-corrected chi connectivity index (χ4v) is 15.2. The summed E-state index contributed by atoms with van der Waals surface area (Å²) < 4.78 is 4.04. The van der Waals surface area contributed by atoms with Gasteiger partial charge in [0, 0.05) is 0 Å². The van der Waals surface area contributed by atoms with Gasteiger partial charge in [0.2, 0.25) is 0 Å². The zero-order valence-electron chi connectivity index (χ0n) is 21.4. The van der Waals surface area contributed by atoms with Gasteiger partial charge >= 0.3 is 120 Å². The van der Waals surface area contributed by atoms with Crippen LogP contribution in [0.1, 0.15) is 25.7 Å². The molecular weight excluding hydrogens is 474 g/mol. The van der Waals surface area contributed by atoms with Crippen molar-refractivity contribution >= 4 is 33.5 Å². The number of amides is 1. The van der Waals surface area contributed by atoms with Gasteiger partial charge in [-0.05, 0) is 11.0 Å². The number of carbonyl (C=O) groups excluding carboxylic acids is 1. The SMILES string of the molecule is C=C(C(=C)[Si](C)(C)C)[Si](C)(C)C.[CH3][Ti]([CH3])([NH]C=O)[CH]1C2C=CC=CC2C2CCCCC21.[SiH4]. The number of hydrogen-bond acceptors (Lipinski definition) is 1. The van der Waals surface area contributed by atoms with E-state index in [4.69, 9.17) is 0 Å². The van der Waals surface area contributed by atoms with Gasteiger partial charge in [-0.1, -0.05) is 62.8 Å². The summed E-state index contributed by atoms with van der Waals surface area (Å²) >= 11 is -2.25. The Morgan fingerprint density at radius 1 is 0.875 bits per heavy atom. The monoisotopic (exact) mass is 525 g/mol. The first-order chi connectivity index (χ1) is 14.2. The second-order valence-corrected chi connectivity index (χ2v) is 29.6. The Morgan fingerprint density at radius 2 is 1.31 bits per heavy atom. The Morgan fingerprint density at radius 3 is 1.75 bits per heavy atom. The molecule has 182 valence electrons. The van der Waals surface area contributed by atoms with Crippen molar-refractivity contribution in [2.24, 2.45) is 23.7 Å². The molecule has 32 heavy (non-hydrogen) atoms. The average molecular weight is 526 g/mol. The molecule has 0 aliphatic heterocycles. The predicted octanol–water partition coefficient (Wildman–Crippen LogP) is 6.27. The van der Waals surface area contributed by atoms with Crippen molar-refractivity contribution in [3.05, 3.63) is 47.9 Å². The molecule has 2 fully saturated rings. The number of fused-ring (bicyclic) bond motifs is 3. The average Bonchev–Trinajstić information content (AvgIpc) is 3.01. The topological polar surface area (TPSA) is 29.1 Å². The Kier molecular flexibility index (Phi) is 10.7. The Hall–Kier alpha value is -0.205. The van der Waals surface area contributed by atoms with Crippen molar-refractivity contribution in [3.8, 4) is 0 Å². The van der Waals surface area contributed by atoms with Crippen LogP contribution in [-0.4, -0.2) is 33.5 Å². The molecule has 3 aliphatic rings. The molecule has 3 rings (SSSR count). The van der Waals surface area contributed by atoms with E-state index in [1.807, 2.05) is 0 Å². The molecule has 1 amide bonds. The van der Waals surface area contributed by atoms with Crippen LogP contribution < -0.4 is 3.80 Å². The van der Waals surface area contributed by atoms with Crippen LogP contribution in [0.5, 0.6) is 0 Å². The molecule has 0 heterocycles. The van der Waals surface area contributed by atoms with E-state index in [9.17, 15) is 4.79 Å². The van der Waals surface area contributed by atoms with E-state index in [1.165, 1.54) is 36.1 Å². The molecule has 1 N–H and O–H groups in total. The molecule has 2 saturated carbocycles. The third kappa shape index (κ3) is 6.91. The van der Waals surface area contributed by atoms with Gasteiger partial charge in [0.05, 0.1) is 16.1 Å². The van der Waals surface area contributed by atoms with Gasteiger partial charge in [0.25, 0.3) is 0 Å². The fraction of sp³-hybridized carbons (Fsp3) is 0.654. The first kappa shape index (κ1) is 29.8. The maximum Gasteiger partial charge on any atom is -0.0149 e. The summed E-state index contributed by atoms with van der Waals surface area (Å²) in [6, 6.07) is 0. The largest absolute Gasteiger partial charge is 0.0149 e. The van der Waals surface area contributed by atoms with Crippen molar-refractivity contribution in [3.63, 3.8) is 0 Å². The minimum atomic E-state index is -2.25. The quantitative estimate of drug-likeness (QED) is 0.247. The van der Waals surface area contributed by atoms with E-state index < -0.39 is 33.0 Å². The Bertz CT molecular complexity index is 721. The molecule has 3 aliphatic carbocycles. The number of rotatable bonds is 6. The third-order valence-corrected chi connectivity index (χ3v) is 17.6. The maximum absolute atomic E-state index is 11.0. The van der Waals surface area contributed by atoms with Crippen LogP contribution in [0.4, 0.5) is 0 Å². The van der Waals surface area contributed by atoms with Gasteiger partial charge in [-0.2, -0.15) is 0 Å². The normalized spacial score (nSPS) is 28.9. The summed E-state index contributed by atoms with van der Waals surface area (Å²) in [6.07, 6.45) is 15.9. The molecule has 5 atom stereocenters. The van der Waals surface area contributed by atoms with E-state index >= 15 is 0 Å². The number of hydrogen-bond donors (Lipinski definition) is 1. The van der Waals surface area contributed by atoms with E-state index in [1.54, 1.807) is 0 Å². The molecule has 0 aromatic rings. The second-order valence-electron chi connectivity index (χ2n) is 12.5. The van der Waals surface area contributed by atoms with Crippen LogP contribution in [0.25, 0.3) is 0 Å². The van der Waals surface area contributed by atoms with Crippen molar-refractivity contribution in [2.45, 2.75) is 79.6 Å². The summed E-state index contributed by atoms with van der Waals surface area (Å²) in [5.74, 6) is 3.18. The minimum Gasteiger partial charge on any atom is -0.0149 e. The molecule has 0 bridgehead atoms. The van der Waals surface area contributed by atoms with Crippen LogP contribution in [-0.2, 0) is 21.6 Å². The number of allylic oxidation sites excluding steroid dienone is 6. The van der Waals surface area contributed by atoms with E-state index in [-0.39, 0.29) is 11.0 Å². The summed E-state index contributed by atoms with van der Waals surface area (Å²) in [4.78, 5) is 11.0. The summed E-state index contributed by atoms with van der Waals surface area (Å²) in [6.45, 7) is 22.4. The smallest absolute Gasteiger partial charge is 0.0149 e. The fourth-order valence-electron chi connectivity index (χ4n) is 6.00. The predicted molar refractivity (Wildman–Crippen MR) is 152 cm³/mol. The molecule has 0 aromatic heterocycles. The van der Waals surface area contributed by atoms with E-state index in [2.05, 4.69) is 91.0 Å². The number of nitrogens with one attached hydrogen (secondary N) is 1. The minimum absolute atomic E-state index is 0. The van der Waals surface area contributed by atoms with Crippen LogP contribution in [0.15, 0.2) is 47.9 Å². The van der Waals surface area contributed by atoms with Crippen molar-refractivity contribution in [2.75, 3.05) is 0 Å².